The van der Waals surface area contributed by atoms with Crippen LogP contribution in [0.2, 0.25) is 0 Å². The lowest BCUT2D eigenvalue weighted by Crippen LogP contribution is -2.27. The van der Waals surface area contributed by atoms with E-state index in [0.29, 0.717) is 0 Å². The normalized spacial score (nSPS) is 32.2. The molecule has 0 bridgehead atoms. The fraction of sp³-hybridized carbons (Fsp3) is 0.818. The van der Waals surface area contributed by atoms with Crippen LogP contribution in [-0.2, 0) is 4.74 Å². The Kier molecular flexibility index (Phi) is 9.04. The van der Waals surface area contributed by atoms with E-state index in [0.717, 1.165) is 36.9 Å². The van der Waals surface area contributed by atoms with Crippen LogP contribution in [0, 0.1) is 23.7 Å². The summed E-state index contributed by atoms with van der Waals surface area (Å²) < 4.78 is 5.65. The molecule has 0 aromatic carbocycles. The van der Waals surface area contributed by atoms with Gasteiger partial charge in [0.1, 0.15) is 0 Å². The minimum atomic E-state index is 0.720. The summed E-state index contributed by atoms with van der Waals surface area (Å²) in [5.74, 6) is 3.88. The molecule has 2 aliphatic carbocycles. The van der Waals surface area contributed by atoms with Crippen LogP contribution >= 0.6 is 0 Å². The summed E-state index contributed by atoms with van der Waals surface area (Å²) in [6.45, 7) is 7.62. The lowest BCUT2D eigenvalue weighted by atomic mass is 9.69. The molecule has 0 unspecified atom stereocenters. The lowest BCUT2D eigenvalue weighted by Gasteiger charge is -2.37. The van der Waals surface area contributed by atoms with Crippen LogP contribution in [0.15, 0.2) is 24.8 Å². The molecule has 23 heavy (non-hydrogen) atoms. The maximum Gasteiger partial charge on any atom is 0.0644 e. The summed E-state index contributed by atoms with van der Waals surface area (Å²) in [5.41, 5.74) is 0. The summed E-state index contributed by atoms with van der Waals surface area (Å²) in [6, 6.07) is 0. The van der Waals surface area contributed by atoms with Gasteiger partial charge < -0.3 is 4.74 Å². The monoisotopic (exact) mass is 318 g/mol. The number of hydrogen-bond donors (Lipinski definition) is 0. The van der Waals surface area contributed by atoms with Crippen LogP contribution in [0.5, 0.6) is 0 Å². The molecule has 0 atom stereocenters. The summed E-state index contributed by atoms with van der Waals surface area (Å²) in [6.07, 6.45) is 22.2. The number of allylic oxidation sites excluding steroid dienone is 2. The van der Waals surface area contributed by atoms with Gasteiger partial charge in [-0.2, -0.15) is 0 Å². The molecule has 0 amide bonds. The molecular formula is C22H38O. The van der Waals surface area contributed by atoms with E-state index in [1.165, 1.54) is 70.6 Å². The Hall–Kier alpha value is -0.560. The Bertz CT molecular complexity index is 330. The third-order valence-electron chi connectivity index (χ3n) is 6.18. The predicted octanol–water partition coefficient (Wildman–Crippen LogP) is 6.55. The summed E-state index contributed by atoms with van der Waals surface area (Å²) in [4.78, 5) is 0. The Morgan fingerprint density at radius 2 is 1.48 bits per heavy atom. The standard InChI is InChI=1S/C22H38O/c1-3-5-6-7-8-19-9-13-21(14-10-19)22-15-11-20(12-16-22)18-23-17-4-2/h4-6,19-22H,2-3,7-18H2,1H3/b6-5+. The van der Waals surface area contributed by atoms with Crippen molar-refractivity contribution >= 4 is 0 Å². The Morgan fingerprint density at radius 3 is 2.04 bits per heavy atom. The quantitative estimate of drug-likeness (QED) is 0.346. The van der Waals surface area contributed by atoms with Crippen molar-refractivity contribution in [1.82, 2.24) is 0 Å². The van der Waals surface area contributed by atoms with Crippen LogP contribution < -0.4 is 0 Å². The first-order valence-corrected chi connectivity index (χ1v) is 10.2. The smallest absolute Gasteiger partial charge is 0.0644 e. The maximum absolute atomic E-state index is 5.65. The van der Waals surface area contributed by atoms with Gasteiger partial charge in [0.15, 0.2) is 0 Å². The molecule has 0 spiro atoms. The van der Waals surface area contributed by atoms with Crippen LogP contribution in [0.3, 0.4) is 0 Å². The highest BCUT2D eigenvalue weighted by Gasteiger charge is 2.30. The van der Waals surface area contributed by atoms with E-state index in [1.54, 1.807) is 0 Å². The fourth-order valence-corrected chi connectivity index (χ4v) is 4.71. The zero-order valence-electron chi connectivity index (χ0n) is 15.3. The van der Waals surface area contributed by atoms with E-state index in [9.17, 15) is 0 Å². The van der Waals surface area contributed by atoms with Crippen molar-refractivity contribution in [3.8, 4) is 0 Å². The Morgan fingerprint density at radius 1 is 0.870 bits per heavy atom. The molecule has 0 heterocycles. The Balaban J connectivity index is 1.59. The van der Waals surface area contributed by atoms with Gasteiger partial charge in [0.25, 0.3) is 0 Å². The van der Waals surface area contributed by atoms with Gasteiger partial charge in [0.05, 0.1) is 6.61 Å². The third-order valence-corrected chi connectivity index (χ3v) is 6.18. The zero-order chi connectivity index (χ0) is 16.3. The Labute approximate surface area is 144 Å². The van der Waals surface area contributed by atoms with Crippen molar-refractivity contribution in [2.75, 3.05) is 13.2 Å². The van der Waals surface area contributed by atoms with Crippen molar-refractivity contribution in [3.63, 3.8) is 0 Å². The van der Waals surface area contributed by atoms with Crippen LogP contribution in [0.4, 0.5) is 0 Å². The molecule has 0 aromatic rings. The average Bonchev–Trinajstić information content (AvgIpc) is 2.60. The average molecular weight is 319 g/mol. The molecule has 0 radical (unpaired) electrons. The maximum atomic E-state index is 5.65. The minimum Gasteiger partial charge on any atom is -0.377 e. The molecule has 2 saturated carbocycles. The van der Waals surface area contributed by atoms with Gasteiger partial charge in [-0.05, 0) is 81.5 Å². The first-order valence-electron chi connectivity index (χ1n) is 10.2. The lowest BCUT2D eigenvalue weighted by molar-refractivity contribution is 0.0781. The summed E-state index contributed by atoms with van der Waals surface area (Å²) >= 11 is 0. The molecule has 0 saturated heterocycles. The minimum absolute atomic E-state index is 0.720. The molecule has 1 nitrogen and oxygen atoms in total. The van der Waals surface area contributed by atoms with E-state index in [4.69, 9.17) is 4.74 Å². The third kappa shape index (κ3) is 6.83. The summed E-state index contributed by atoms with van der Waals surface area (Å²) in [5, 5.41) is 0. The fourth-order valence-electron chi connectivity index (χ4n) is 4.71. The van der Waals surface area contributed by atoms with E-state index >= 15 is 0 Å². The predicted molar refractivity (Wildman–Crippen MR) is 101 cm³/mol. The number of hydrogen-bond acceptors (Lipinski definition) is 1. The highest BCUT2D eigenvalue weighted by molar-refractivity contribution is 4.85. The topological polar surface area (TPSA) is 9.23 Å². The second kappa shape index (κ2) is 11.1. The number of rotatable bonds is 9. The SMILES string of the molecule is C=CCOCC1CCC(C2CCC(CC/C=C/CC)CC2)CC1. The van der Waals surface area contributed by atoms with Gasteiger partial charge >= 0.3 is 0 Å². The van der Waals surface area contributed by atoms with Crippen LogP contribution in [0.1, 0.15) is 77.6 Å². The second-order valence-electron chi connectivity index (χ2n) is 7.84. The van der Waals surface area contributed by atoms with Crippen molar-refractivity contribution in [1.29, 1.82) is 0 Å². The highest BCUT2D eigenvalue weighted by Crippen LogP contribution is 2.42. The van der Waals surface area contributed by atoms with Crippen molar-refractivity contribution in [2.24, 2.45) is 23.7 Å². The molecule has 0 N–H and O–H groups in total. The summed E-state index contributed by atoms with van der Waals surface area (Å²) in [7, 11) is 0. The molecule has 132 valence electrons. The van der Waals surface area contributed by atoms with E-state index in [-0.39, 0.29) is 0 Å². The molecule has 0 aromatic heterocycles. The van der Waals surface area contributed by atoms with Gasteiger partial charge in [-0.3, -0.25) is 0 Å². The van der Waals surface area contributed by atoms with Crippen molar-refractivity contribution < 1.29 is 4.74 Å². The van der Waals surface area contributed by atoms with Crippen molar-refractivity contribution in [3.05, 3.63) is 24.8 Å². The molecule has 1 heteroatoms. The van der Waals surface area contributed by atoms with E-state index < -0.39 is 0 Å². The molecule has 2 rings (SSSR count). The van der Waals surface area contributed by atoms with E-state index in [1.807, 2.05) is 6.08 Å². The second-order valence-corrected chi connectivity index (χ2v) is 7.84. The van der Waals surface area contributed by atoms with Crippen LogP contribution in [0.25, 0.3) is 0 Å². The van der Waals surface area contributed by atoms with E-state index in [2.05, 4.69) is 25.7 Å². The zero-order valence-corrected chi connectivity index (χ0v) is 15.3. The first kappa shape index (κ1) is 18.8. The van der Waals surface area contributed by atoms with Crippen LogP contribution in [-0.4, -0.2) is 13.2 Å². The van der Waals surface area contributed by atoms with Gasteiger partial charge in [-0.15, -0.1) is 6.58 Å². The highest BCUT2D eigenvalue weighted by atomic mass is 16.5. The number of ether oxygens (including phenoxy) is 1. The molecule has 2 aliphatic rings. The van der Waals surface area contributed by atoms with Gasteiger partial charge in [0, 0.05) is 6.61 Å². The molecule has 2 fully saturated rings. The molecule has 0 aliphatic heterocycles. The first-order chi connectivity index (χ1) is 11.3. The van der Waals surface area contributed by atoms with Crippen molar-refractivity contribution in [2.45, 2.75) is 77.6 Å². The van der Waals surface area contributed by atoms with Gasteiger partial charge in [-0.1, -0.05) is 38.0 Å². The largest absolute Gasteiger partial charge is 0.377 e. The van der Waals surface area contributed by atoms with Gasteiger partial charge in [0.2, 0.25) is 0 Å². The van der Waals surface area contributed by atoms with Gasteiger partial charge in [-0.25, -0.2) is 0 Å². The molecular weight excluding hydrogens is 280 g/mol.